The van der Waals surface area contributed by atoms with Crippen LogP contribution in [0.4, 0.5) is 0 Å². The number of methoxy groups -OCH3 is 1. The zero-order valence-corrected chi connectivity index (χ0v) is 16.6. The SMILES string of the molecule is COC(=O)[C@H](C)Oc1ccc(C=Nn2c(=O)[nH]c3ccccc3c2=O)cc1Br. The van der Waals surface area contributed by atoms with E-state index in [1.54, 1.807) is 49.4 Å². The maximum absolute atomic E-state index is 12.5. The zero-order chi connectivity index (χ0) is 20.3. The predicted molar refractivity (Wildman–Crippen MR) is 108 cm³/mol. The predicted octanol–water partition coefficient (Wildman–Crippen LogP) is 2.27. The number of nitrogens with zero attached hydrogens (tertiary/aromatic N) is 2. The van der Waals surface area contributed by atoms with E-state index >= 15 is 0 Å². The van der Waals surface area contributed by atoms with Crippen LogP contribution in [0.3, 0.4) is 0 Å². The third-order valence-electron chi connectivity index (χ3n) is 3.90. The Morgan fingerprint density at radius 2 is 2.00 bits per heavy atom. The van der Waals surface area contributed by atoms with Crippen LogP contribution in [0.25, 0.3) is 10.9 Å². The summed E-state index contributed by atoms with van der Waals surface area (Å²) in [6.07, 6.45) is 0.611. The van der Waals surface area contributed by atoms with E-state index in [2.05, 4.69) is 30.8 Å². The van der Waals surface area contributed by atoms with E-state index in [4.69, 9.17) is 4.74 Å². The molecule has 0 aliphatic rings. The molecule has 1 aromatic heterocycles. The summed E-state index contributed by atoms with van der Waals surface area (Å²) in [6, 6.07) is 11.7. The molecule has 0 aliphatic heterocycles. The van der Waals surface area contributed by atoms with Gasteiger partial charge in [-0.15, -0.1) is 4.68 Å². The molecule has 0 amide bonds. The molecule has 0 aliphatic carbocycles. The van der Waals surface area contributed by atoms with Crippen molar-refractivity contribution < 1.29 is 14.3 Å². The number of esters is 1. The van der Waals surface area contributed by atoms with Crippen LogP contribution in [0.2, 0.25) is 0 Å². The van der Waals surface area contributed by atoms with Gasteiger partial charge in [0.1, 0.15) is 5.75 Å². The number of halogens is 1. The van der Waals surface area contributed by atoms with Gasteiger partial charge in [0.05, 0.1) is 28.7 Å². The van der Waals surface area contributed by atoms with E-state index in [1.165, 1.54) is 13.3 Å². The fraction of sp³-hybridized carbons (Fsp3) is 0.158. The van der Waals surface area contributed by atoms with Gasteiger partial charge in [0.15, 0.2) is 6.10 Å². The van der Waals surface area contributed by atoms with Crippen LogP contribution >= 0.6 is 15.9 Å². The summed E-state index contributed by atoms with van der Waals surface area (Å²) in [5, 5.41) is 4.36. The van der Waals surface area contributed by atoms with Crippen molar-refractivity contribution in [2.75, 3.05) is 7.11 Å². The van der Waals surface area contributed by atoms with Crippen LogP contribution in [0.1, 0.15) is 12.5 Å². The van der Waals surface area contributed by atoms with E-state index in [0.717, 1.165) is 4.68 Å². The summed E-state index contributed by atoms with van der Waals surface area (Å²) in [5.41, 5.74) is -0.0790. The molecule has 1 heterocycles. The highest BCUT2D eigenvalue weighted by Gasteiger charge is 2.16. The van der Waals surface area contributed by atoms with E-state index in [9.17, 15) is 14.4 Å². The Balaban J connectivity index is 1.88. The van der Waals surface area contributed by atoms with Gasteiger partial charge in [-0.05, 0) is 58.7 Å². The van der Waals surface area contributed by atoms with Crippen molar-refractivity contribution in [3.63, 3.8) is 0 Å². The molecule has 144 valence electrons. The van der Waals surface area contributed by atoms with Gasteiger partial charge >= 0.3 is 11.7 Å². The number of benzene rings is 2. The number of hydrogen-bond donors (Lipinski definition) is 1. The summed E-state index contributed by atoms with van der Waals surface area (Å²) in [6.45, 7) is 1.58. The zero-order valence-electron chi connectivity index (χ0n) is 15.0. The lowest BCUT2D eigenvalue weighted by Gasteiger charge is -2.13. The average molecular weight is 446 g/mol. The molecule has 3 aromatic rings. The number of aromatic nitrogens is 2. The van der Waals surface area contributed by atoms with Crippen molar-refractivity contribution >= 4 is 39.0 Å². The van der Waals surface area contributed by atoms with Gasteiger partial charge in [0, 0.05) is 0 Å². The second-order valence-corrected chi connectivity index (χ2v) is 6.66. The first kappa shape index (κ1) is 19.6. The minimum atomic E-state index is -0.768. The Labute approximate surface area is 167 Å². The number of fused-ring (bicyclic) bond motifs is 1. The fourth-order valence-corrected chi connectivity index (χ4v) is 2.97. The maximum Gasteiger partial charge on any atom is 0.349 e. The molecular formula is C19H16BrN3O5. The molecule has 0 spiro atoms. The van der Waals surface area contributed by atoms with Crippen LogP contribution in [0.15, 0.2) is 61.6 Å². The topological polar surface area (TPSA) is 103 Å². The molecule has 0 unspecified atom stereocenters. The molecule has 2 aromatic carbocycles. The molecule has 1 atom stereocenters. The highest BCUT2D eigenvalue weighted by Crippen LogP contribution is 2.26. The van der Waals surface area contributed by atoms with Gasteiger partial charge in [-0.3, -0.25) is 4.79 Å². The number of carbonyl (C=O) groups excluding carboxylic acids is 1. The van der Waals surface area contributed by atoms with Crippen LogP contribution in [0, 0.1) is 0 Å². The monoisotopic (exact) mass is 445 g/mol. The number of aromatic amines is 1. The first-order chi connectivity index (χ1) is 13.4. The Morgan fingerprint density at radius 1 is 1.25 bits per heavy atom. The third-order valence-corrected chi connectivity index (χ3v) is 4.52. The lowest BCUT2D eigenvalue weighted by molar-refractivity contribution is -0.147. The van der Waals surface area contributed by atoms with Gasteiger partial charge in [-0.1, -0.05) is 12.1 Å². The van der Waals surface area contributed by atoms with Crippen LogP contribution in [0.5, 0.6) is 5.75 Å². The summed E-state index contributed by atoms with van der Waals surface area (Å²) in [5.74, 6) is -0.0526. The molecular weight excluding hydrogens is 430 g/mol. The summed E-state index contributed by atoms with van der Waals surface area (Å²) < 4.78 is 11.5. The summed E-state index contributed by atoms with van der Waals surface area (Å²) in [4.78, 5) is 38.7. The first-order valence-corrected chi connectivity index (χ1v) is 9.02. The quantitative estimate of drug-likeness (QED) is 0.479. The Hall–Kier alpha value is -3.20. The molecule has 0 saturated carbocycles. The van der Waals surface area contributed by atoms with Gasteiger partial charge in [-0.2, -0.15) is 5.10 Å². The van der Waals surface area contributed by atoms with Crippen LogP contribution in [-0.2, 0) is 9.53 Å². The van der Waals surface area contributed by atoms with Crippen molar-refractivity contribution in [1.29, 1.82) is 0 Å². The number of hydrogen-bond acceptors (Lipinski definition) is 6. The summed E-state index contributed by atoms with van der Waals surface area (Å²) >= 11 is 3.36. The standard InChI is InChI=1S/C19H16BrN3O5/c1-11(18(25)27-2)28-16-8-7-12(9-14(16)20)10-21-23-17(24)13-5-3-4-6-15(13)22-19(23)26/h3-11H,1-2H3,(H,22,26)/t11-/m0/s1. The van der Waals surface area contributed by atoms with Crippen molar-refractivity contribution in [2.45, 2.75) is 13.0 Å². The normalized spacial score (nSPS) is 12.2. The molecule has 0 saturated heterocycles. The largest absolute Gasteiger partial charge is 0.478 e. The van der Waals surface area contributed by atoms with Crippen LogP contribution in [-0.4, -0.2) is 35.1 Å². The van der Waals surface area contributed by atoms with Gasteiger partial charge in [0.2, 0.25) is 0 Å². The van der Waals surface area contributed by atoms with Gasteiger partial charge < -0.3 is 14.5 Å². The number of carbonyl (C=O) groups is 1. The minimum absolute atomic E-state index is 0.362. The molecule has 1 N–H and O–H groups in total. The van der Waals surface area contributed by atoms with E-state index in [1.807, 2.05) is 0 Å². The Morgan fingerprint density at radius 3 is 2.71 bits per heavy atom. The molecule has 0 fully saturated rings. The van der Waals surface area contributed by atoms with Gasteiger partial charge in [0.25, 0.3) is 5.56 Å². The van der Waals surface area contributed by atoms with Crippen molar-refractivity contribution in [3.05, 3.63) is 73.3 Å². The average Bonchev–Trinajstić information content (AvgIpc) is 2.69. The van der Waals surface area contributed by atoms with E-state index in [0.29, 0.717) is 26.7 Å². The van der Waals surface area contributed by atoms with Crippen LogP contribution < -0.4 is 16.0 Å². The number of H-pyrrole nitrogens is 1. The van der Waals surface area contributed by atoms with E-state index in [-0.39, 0.29) is 0 Å². The lowest BCUT2D eigenvalue weighted by atomic mass is 10.2. The third kappa shape index (κ3) is 4.04. The molecule has 8 nitrogen and oxygen atoms in total. The van der Waals surface area contributed by atoms with Crippen molar-refractivity contribution in [3.8, 4) is 5.75 Å². The Kier molecular flexibility index (Phi) is 5.74. The maximum atomic E-state index is 12.5. The second kappa shape index (κ2) is 8.22. The number of rotatable bonds is 5. The second-order valence-electron chi connectivity index (χ2n) is 5.81. The van der Waals surface area contributed by atoms with Crippen molar-refractivity contribution in [1.82, 2.24) is 9.66 Å². The van der Waals surface area contributed by atoms with E-state index < -0.39 is 23.3 Å². The highest BCUT2D eigenvalue weighted by molar-refractivity contribution is 9.10. The number of para-hydroxylation sites is 1. The Bertz CT molecular complexity index is 1180. The van der Waals surface area contributed by atoms with Crippen molar-refractivity contribution in [2.24, 2.45) is 5.10 Å². The minimum Gasteiger partial charge on any atom is -0.478 e. The number of nitrogens with one attached hydrogen (secondary N) is 1. The first-order valence-electron chi connectivity index (χ1n) is 8.23. The lowest BCUT2D eigenvalue weighted by Crippen LogP contribution is -2.32. The molecule has 0 radical (unpaired) electrons. The number of ether oxygens (including phenoxy) is 2. The summed E-state index contributed by atoms with van der Waals surface area (Å²) in [7, 11) is 1.28. The highest BCUT2D eigenvalue weighted by atomic mass is 79.9. The molecule has 3 rings (SSSR count). The smallest absolute Gasteiger partial charge is 0.349 e. The molecule has 0 bridgehead atoms. The fourth-order valence-electron chi connectivity index (χ4n) is 2.48. The molecule has 9 heteroatoms. The molecule has 28 heavy (non-hydrogen) atoms. The van der Waals surface area contributed by atoms with Gasteiger partial charge in [-0.25, -0.2) is 9.59 Å².